The van der Waals surface area contributed by atoms with Gasteiger partial charge in [-0.2, -0.15) is 12.7 Å². The molecule has 34 heavy (non-hydrogen) atoms. The van der Waals surface area contributed by atoms with Gasteiger partial charge in [0.2, 0.25) is 0 Å². The number of rotatable bonds is 9. The first-order valence-electron chi connectivity index (χ1n) is 12.4. The highest BCUT2D eigenvalue weighted by Gasteiger charge is 2.35. The fourth-order valence-corrected chi connectivity index (χ4v) is 6.62. The van der Waals surface area contributed by atoms with E-state index in [0.717, 1.165) is 30.4 Å². The van der Waals surface area contributed by atoms with Crippen molar-refractivity contribution in [3.8, 4) is 0 Å². The summed E-state index contributed by atoms with van der Waals surface area (Å²) >= 11 is 0. The molecule has 2 aromatic rings. The molecule has 0 spiro atoms. The minimum atomic E-state index is -3.54. The maximum Gasteiger partial charge on any atom is 0.301 e. The van der Waals surface area contributed by atoms with E-state index in [-0.39, 0.29) is 5.54 Å². The maximum absolute atomic E-state index is 13.0. The first kappa shape index (κ1) is 25.1. The van der Waals surface area contributed by atoms with Crippen LogP contribution in [0.4, 0.5) is 5.69 Å². The van der Waals surface area contributed by atoms with Crippen LogP contribution in [0.5, 0.6) is 0 Å². The van der Waals surface area contributed by atoms with Crippen molar-refractivity contribution in [2.45, 2.75) is 64.0 Å². The lowest BCUT2D eigenvalue weighted by Crippen LogP contribution is -2.46. The molecule has 1 aliphatic carbocycles. The van der Waals surface area contributed by atoms with Crippen molar-refractivity contribution in [2.24, 2.45) is 11.8 Å². The lowest BCUT2D eigenvalue weighted by Gasteiger charge is -2.40. The number of aliphatic hydroxyl groups excluding tert-OH is 1. The normalized spacial score (nSPS) is 22.7. The summed E-state index contributed by atoms with van der Waals surface area (Å²) in [5.41, 5.74) is 2.23. The lowest BCUT2D eigenvalue weighted by molar-refractivity contribution is 0.137. The summed E-state index contributed by atoms with van der Waals surface area (Å²) in [5, 5.41) is 13.8. The van der Waals surface area contributed by atoms with Crippen LogP contribution in [0.25, 0.3) is 0 Å². The van der Waals surface area contributed by atoms with Crippen molar-refractivity contribution < 1.29 is 13.5 Å². The van der Waals surface area contributed by atoms with Gasteiger partial charge in [-0.15, -0.1) is 0 Å². The van der Waals surface area contributed by atoms with Crippen LogP contribution >= 0.6 is 0 Å². The highest BCUT2D eigenvalue weighted by atomic mass is 32.2. The first-order valence-corrected chi connectivity index (χ1v) is 13.9. The van der Waals surface area contributed by atoms with Crippen LogP contribution in [0.2, 0.25) is 0 Å². The molecule has 1 aliphatic heterocycles. The van der Waals surface area contributed by atoms with Crippen molar-refractivity contribution in [3.05, 3.63) is 59.9 Å². The molecule has 7 nitrogen and oxygen atoms in total. The third-order valence-corrected chi connectivity index (χ3v) is 8.79. The highest BCUT2D eigenvalue weighted by Crippen LogP contribution is 2.37. The van der Waals surface area contributed by atoms with Gasteiger partial charge < -0.3 is 10.4 Å². The molecule has 1 aromatic heterocycles. The van der Waals surface area contributed by atoms with Gasteiger partial charge in [0, 0.05) is 48.8 Å². The van der Waals surface area contributed by atoms with Gasteiger partial charge in [0.25, 0.3) is 0 Å². The molecule has 8 heteroatoms. The topological polar surface area (TPSA) is 94.6 Å². The summed E-state index contributed by atoms with van der Waals surface area (Å²) in [6.45, 7) is 5.86. The van der Waals surface area contributed by atoms with Gasteiger partial charge in [0.15, 0.2) is 0 Å². The van der Waals surface area contributed by atoms with Crippen molar-refractivity contribution in [1.29, 1.82) is 0 Å². The van der Waals surface area contributed by atoms with Crippen LogP contribution in [0.3, 0.4) is 0 Å². The van der Waals surface area contributed by atoms with E-state index in [0.29, 0.717) is 37.2 Å². The number of piperidine rings is 1. The molecule has 186 valence electrons. The van der Waals surface area contributed by atoms with Crippen molar-refractivity contribution in [1.82, 2.24) is 14.6 Å². The van der Waals surface area contributed by atoms with E-state index in [2.05, 4.69) is 28.9 Å². The van der Waals surface area contributed by atoms with Gasteiger partial charge in [-0.25, -0.2) is 0 Å². The molecule has 3 N–H and O–H groups in total. The SMILES string of the molecule is CC(C)(Cc1ccc(NS(=O)(=O)N2CC[C@H]3CCCC[C@H]3C2)cc1)NC[C@H](O)c1cccnc1. The Morgan fingerprint density at radius 1 is 1.12 bits per heavy atom. The molecular formula is C26H38N4O3S. The zero-order chi connectivity index (χ0) is 24.2. The van der Waals surface area contributed by atoms with Gasteiger partial charge in [-0.05, 0) is 68.7 Å². The fourth-order valence-electron chi connectivity index (χ4n) is 5.33. The third kappa shape index (κ3) is 6.56. The van der Waals surface area contributed by atoms with Crippen LogP contribution in [0, 0.1) is 11.8 Å². The number of pyridine rings is 1. The van der Waals surface area contributed by atoms with Gasteiger partial charge >= 0.3 is 10.2 Å². The maximum atomic E-state index is 13.0. The predicted octanol–water partition coefficient (Wildman–Crippen LogP) is 3.89. The third-order valence-electron chi connectivity index (χ3n) is 7.28. The van der Waals surface area contributed by atoms with Gasteiger partial charge in [0.05, 0.1) is 6.10 Å². The molecule has 2 heterocycles. The van der Waals surface area contributed by atoms with Crippen molar-refractivity contribution >= 4 is 15.9 Å². The van der Waals surface area contributed by atoms with E-state index in [9.17, 15) is 13.5 Å². The standard InChI is InChI=1S/C26H38N4O3S/c1-26(2,28-18-25(31)22-8-5-14-27-17-22)16-20-9-11-24(12-10-20)29-34(32,33)30-15-13-21-6-3-4-7-23(21)19-30/h5,8-12,14,17,21,23,25,28-29,31H,3-4,6-7,13,15-16,18-19H2,1-2H3/t21-,23+,25+/m1/s1. The lowest BCUT2D eigenvalue weighted by atomic mass is 9.76. The second kappa shape index (κ2) is 10.7. The Morgan fingerprint density at radius 2 is 1.85 bits per heavy atom. The number of nitrogens with zero attached hydrogens (tertiary/aromatic N) is 2. The Balaban J connectivity index is 1.30. The van der Waals surface area contributed by atoms with E-state index in [1.807, 2.05) is 36.4 Å². The molecule has 0 unspecified atom stereocenters. The molecular weight excluding hydrogens is 448 g/mol. The molecule has 0 amide bonds. The van der Waals surface area contributed by atoms with E-state index >= 15 is 0 Å². The number of aromatic nitrogens is 1. The number of hydrogen-bond acceptors (Lipinski definition) is 5. The van der Waals surface area contributed by atoms with E-state index in [1.165, 1.54) is 19.3 Å². The van der Waals surface area contributed by atoms with Crippen LogP contribution in [-0.4, -0.2) is 48.0 Å². The van der Waals surface area contributed by atoms with Gasteiger partial charge in [0.1, 0.15) is 0 Å². The Hall–Kier alpha value is -2.00. The quantitative estimate of drug-likeness (QED) is 0.500. The Labute approximate surface area is 204 Å². The number of anilines is 1. The zero-order valence-corrected chi connectivity index (χ0v) is 21.1. The molecule has 0 radical (unpaired) electrons. The summed E-state index contributed by atoms with van der Waals surface area (Å²) in [4.78, 5) is 4.06. The number of benzene rings is 1. The van der Waals surface area contributed by atoms with E-state index in [4.69, 9.17) is 0 Å². The van der Waals surface area contributed by atoms with Crippen molar-refractivity contribution in [3.63, 3.8) is 0 Å². The fraction of sp³-hybridized carbons (Fsp3) is 0.577. The summed E-state index contributed by atoms with van der Waals surface area (Å²) in [6.07, 6.45) is 9.37. The highest BCUT2D eigenvalue weighted by molar-refractivity contribution is 7.90. The summed E-state index contributed by atoms with van der Waals surface area (Å²) in [5.74, 6) is 1.20. The number of β-amino-alcohol motifs (C(OH)–C–C–N with tert-alkyl or cyclic N) is 1. The van der Waals surface area contributed by atoms with Crippen LogP contribution < -0.4 is 10.0 Å². The second-order valence-corrected chi connectivity index (χ2v) is 12.2. The minimum Gasteiger partial charge on any atom is -0.387 e. The molecule has 0 bridgehead atoms. The predicted molar refractivity (Wildman–Crippen MR) is 136 cm³/mol. The molecule has 1 saturated heterocycles. The Morgan fingerprint density at radius 3 is 2.56 bits per heavy atom. The van der Waals surface area contributed by atoms with E-state index < -0.39 is 16.3 Å². The van der Waals surface area contributed by atoms with E-state index in [1.54, 1.807) is 16.7 Å². The molecule has 1 saturated carbocycles. The van der Waals surface area contributed by atoms with Crippen molar-refractivity contribution in [2.75, 3.05) is 24.4 Å². The summed E-state index contributed by atoms with van der Waals surface area (Å²) < 4.78 is 30.4. The number of hydrogen-bond donors (Lipinski definition) is 3. The molecule has 2 fully saturated rings. The second-order valence-electron chi connectivity index (χ2n) is 10.5. The van der Waals surface area contributed by atoms with Gasteiger partial charge in [-0.1, -0.05) is 37.5 Å². The Bertz CT molecular complexity index is 1030. The molecule has 3 atom stereocenters. The zero-order valence-electron chi connectivity index (χ0n) is 20.3. The molecule has 4 rings (SSSR count). The number of fused-ring (bicyclic) bond motifs is 1. The minimum absolute atomic E-state index is 0.242. The smallest absolute Gasteiger partial charge is 0.301 e. The number of nitrogens with one attached hydrogen (secondary N) is 2. The van der Waals surface area contributed by atoms with Crippen LogP contribution in [0.15, 0.2) is 48.8 Å². The molecule has 2 aliphatic rings. The first-order chi connectivity index (χ1) is 16.2. The average Bonchev–Trinajstić information content (AvgIpc) is 2.84. The summed E-state index contributed by atoms with van der Waals surface area (Å²) in [6, 6.07) is 11.3. The molecule has 1 aromatic carbocycles. The number of aliphatic hydroxyl groups is 1. The summed E-state index contributed by atoms with van der Waals surface area (Å²) in [7, 11) is -3.54. The largest absolute Gasteiger partial charge is 0.387 e. The van der Waals surface area contributed by atoms with Crippen LogP contribution in [-0.2, 0) is 16.6 Å². The van der Waals surface area contributed by atoms with Crippen LogP contribution in [0.1, 0.15) is 63.2 Å². The Kier molecular flexibility index (Phi) is 7.92. The monoisotopic (exact) mass is 486 g/mol. The van der Waals surface area contributed by atoms with Gasteiger partial charge in [-0.3, -0.25) is 9.71 Å². The average molecular weight is 487 g/mol.